The highest BCUT2D eigenvalue weighted by Crippen LogP contribution is 2.34. The van der Waals surface area contributed by atoms with E-state index >= 15 is 0 Å². The van der Waals surface area contributed by atoms with Gasteiger partial charge in [0.1, 0.15) is 23.1 Å². The lowest BCUT2D eigenvalue weighted by Crippen LogP contribution is -2.28. The number of benzene rings is 1. The van der Waals surface area contributed by atoms with Gasteiger partial charge in [-0.1, -0.05) is 0 Å². The van der Waals surface area contributed by atoms with Crippen LogP contribution in [0.3, 0.4) is 0 Å². The van der Waals surface area contributed by atoms with Crippen molar-refractivity contribution in [2.45, 2.75) is 61.3 Å². The standard InChI is InChI=1S/C25H26ClN3O7S/c1-14(2)35-17-9-15(25(32)29-22-7-6-20(26)21(28-22)12-24(30)31)10-18(11-17)36-16-3-8-23(27-13-16)37(33,34)19-4-5-19/h3,7-11,13-14,19-20H,4-6,12H2,1-2H3,(H,29,32)(H,30,31). The van der Waals surface area contributed by atoms with Crippen LogP contribution in [0.1, 0.15) is 49.9 Å². The number of aromatic nitrogens is 1. The van der Waals surface area contributed by atoms with E-state index in [1.165, 1.54) is 24.4 Å². The summed E-state index contributed by atoms with van der Waals surface area (Å²) in [6, 6.07) is 7.55. The molecule has 1 fully saturated rings. The molecule has 1 saturated carbocycles. The number of carbonyl (C=O) groups is 2. The summed E-state index contributed by atoms with van der Waals surface area (Å²) in [5.41, 5.74) is 0.463. The molecule has 2 aliphatic rings. The normalized spacial score (nSPS) is 17.6. The number of halogens is 1. The Balaban J connectivity index is 1.54. The molecule has 0 bridgehead atoms. The van der Waals surface area contributed by atoms with Crippen molar-refractivity contribution in [2.24, 2.45) is 4.99 Å². The molecule has 1 aromatic heterocycles. The molecule has 1 amide bonds. The van der Waals surface area contributed by atoms with Gasteiger partial charge in [-0.3, -0.25) is 9.59 Å². The molecular formula is C25H26ClN3O7S. The first-order valence-corrected chi connectivity index (χ1v) is 13.6. The first kappa shape index (κ1) is 26.6. The van der Waals surface area contributed by atoms with E-state index in [1.807, 2.05) is 13.8 Å². The van der Waals surface area contributed by atoms with Crippen molar-refractivity contribution in [1.82, 2.24) is 10.3 Å². The maximum atomic E-state index is 13.0. The fourth-order valence-corrected chi connectivity index (χ4v) is 5.35. The van der Waals surface area contributed by atoms with Gasteiger partial charge in [-0.2, -0.15) is 0 Å². The molecule has 1 aliphatic carbocycles. The smallest absolute Gasteiger partial charge is 0.309 e. The maximum Gasteiger partial charge on any atom is 0.309 e. The zero-order chi connectivity index (χ0) is 26.7. The number of aliphatic carboxylic acids is 1. The summed E-state index contributed by atoms with van der Waals surface area (Å²) in [5.74, 6) is -0.435. The molecule has 0 spiro atoms. The van der Waals surface area contributed by atoms with Gasteiger partial charge in [-0.25, -0.2) is 18.4 Å². The number of allylic oxidation sites excluding steroid dienone is 1. The van der Waals surface area contributed by atoms with Crippen LogP contribution in [0.5, 0.6) is 17.2 Å². The van der Waals surface area contributed by atoms with E-state index in [1.54, 1.807) is 18.2 Å². The number of sulfone groups is 1. The average Bonchev–Trinajstić information content (AvgIpc) is 3.67. The number of aliphatic imine (C=N–C) groups is 1. The number of hydrogen-bond donors (Lipinski definition) is 2. The number of rotatable bonds is 10. The van der Waals surface area contributed by atoms with Gasteiger partial charge in [-0.15, -0.1) is 11.6 Å². The van der Waals surface area contributed by atoms with E-state index in [0.29, 0.717) is 25.0 Å². The third kappa shape index (κ3) is 6.86. The molecule has 37 heavy (non-hydrogen) atoms. The summed E-state index contributed by atoms with van der Waals surface area (Å²) in [6.07, 6.45) is 4.05. The number of amides is 1. The van der Waals surface area contributed by atoms with Crippen LogP contribution < -0.4 is 14.8 Å². The van der Waals surface area contributed by atoms with Crippen molar-refractivity contribution in [3.8, 4) is 17.2 Å². The van der Waals surface area contributed by atoms with Crippen LogP contribution in [-0.4, -0.2) is 52.8 Å². The van der Waals surface area contributed by atoms with Gasteiger partial charge in [0, 0.05) is 17.3 Å². The SMILES string of the molecule is CC(C)Oc1cc(Oc2ccc(S(=O)(=O)C3CC3)nc2)cc(C(=O)NC2=CCC(Cl)C(CC(=O)O)=N2)c1. The Morgan fingerprint density at radius 2 is 1.89 bits per heavy atom. The summed E-state index contributed by atoms with van der Waals surface area (Å²) in [6.45, 7) is 3.68. The Kier molecular flexibility index (Phi) is 7.84. The summed E-state index contributed by atoms with van der Waals surface area (Å²) in [4.78, 5) is 32.3. The molecular weight excluding hydrogens is 522 g/mol. The lowest BCUT2D eigenvalue weighted by Gasteiger charge is -2.18. The van der Waals surface area contributed by atoms with E-state index in [2.05, 4.69) is 15.3 Å². The summed E-state index contributed by atoms with van der Waals surface area (Å²) in [5, 5.41) is 10.8. The number of alkyl halides is 1. The maximum absolute atomic E-state index is 13.0. The van der Waals surface area contributed by atoms with Crippen LogP contribution in [-0.2, 0) is 14.6 Å². The topological polar surface area (TPSA) is 144 Å². The molecule has 1 aromatic carbocycles. The quantitative estimate of drug-likeness (QED) is 0.423. The molecule has 0 saturated heterocycles. The van der Waals surface area contributed by atoms with Gasteiger partial charge in [-0.05, 0) is 63.5 Å². The Labute approximate surface area is 219 Å². The highest BCUT2D eigenvalue weighted by molar-refractivity contribution is 7.92. The molecule has 12 heteroatoms. The molecule has 1 unspecified atom stereocenters. The minimum absolute atomic E-state index is 0.00192. The number of nitrogens with one attached hydrogen (secondary N) is 1. The van der Waals surface area contributed by atoms with Gasteiger partial charge in [0.25, 0.3) is 5.91 Å². The number of hydrogen-bond acceptors (Lipinski definition) is 8. The molecule has 0 radical (unpaired) electrons. The predicted molar refractivity (Wildman–Crippen MR) is 136 cm³/mol. The Morgan fingerprint density at radius 3 is 2.51 bits per heavy atom. The van der Waals surface area contributed by atoms with Gasteiger partial charge in [0.05, 0.1) is 29.3 Å². The van der Waals surface area contributed by atoms with Crippen LogP contribution in [0.25, 0.3) is 0 Å². The zero-order valence-electron chi connectivity index (χ0n) is 20.2. The zero-order valence-corrected chi connectivity index (χ0v) is 21.8. The number of carbonyl (C=O) groups excluding carboxylic acids is 1. The first-order chi connectivity index (χ1) is 17.5. The van der Waals surface area contributed by atoms with E-state index in [0.717, 1.165) is 0 Å². The Bertz CT molecular complexity index is 1370. The van der Waals surface area contributed by atoms with Crippen LogP contribution in [0, 0.1) is 0 Å². The van der Waals surface area contributed by atoms with Crippen LogP contribution >= 0.6 is 11.6 Å². The Morgan fingerprint density at radius 1 is 1.16 bits per heavy atom. The second-order valence-electron chi connectivity index (χ2n) is 8.96. The second kappa shape index (κ2) is 10.9. The fraction of sp³-hybridized carbons (Fsp3) is 0.360. The van der Waals surface area contributed by atoms with Crippen LogP contribution in [0.2, 0.25) is 0 Å². The summed E-state index contributed by atoms with van der Waals surface area (Å²) in [7, 11) is -3.42. The average molecular weight is 548 g/mol. The Hall–Kier alpha value is -3.44. The van der Waals surface area contributed by atoms with Gasteiger partial charge < -0.3 is 19.9 Å². The van der Waals surface area contributed by atoms with E-state index in [-0.39, 0.29) is 51.4 Å². The molecule has 196 valence electrons. The molecule has 10 nitrogen and oxygen atoms in total. The van der Waals surface area contributed by atoms with E-state index < -0.39 is 27.1 Å². The van der Waals surface area contributed by atoms with Crippen molar-refractivity contribution < 1.29 is 32.6 Å². The highest BCUT2D eigenvalue weighted by atomic mass is 35.5. The second-order valence-corrected chi connectivity index (χ2v) is 11.7. The lowest BCUT2D eigenvalue weighted by atomic mass is 10.1. The molecule has 1 atom stereocenters. The van der Waals surface area contributed by atoms with Gasteiger partial charge in [0.15, 0.2) is 14.9 Å². The van der Waals surface area contributed by atoms with Crippen molar-refractivity contribution in [3.63, 3.8) is 0 Å². The first-order valence-electron chi connectivity index (χ1n) is 11.7. The third-order valence-electron chi connectivity index (χ3n) is 5.43. The summed E-state index contributed by atoms with van der Waals surface area (Å²) >= 11 is 6.14. The minimum Gasteiger partial charge on any atom is -0.491 e. The number of nitrogens with zero attached hydrogens (tertiary/aromatic N) is 2. The minimum atomic E-state index is -3.42. The van der Waals surface area contributed by atoms with E-state index in [9.17, 15) is 18.0 Å². The van der Waals surface area contributed by atoms with Crippen molar-refractivity contribution in [1.29, 1.82) is 0 Å². The molecule has 4 rings (SSSR count). The van der Waals surface area contributed by atoms with Gasteiger partial charge in [0.2, 0.25) is 0 Å². The molecule has 2 aromatic rings. The predicted octanol–water partition coefficient (Wildman–Crippen LogP) is 4.10. The molecule has 2 N–H and O–H groups in total. The lowest BCUT2D eigenvalue weighted by molar-refractivity contribution is -0.135. The highest BCUT2D eigenvalue weighted by Gasteiger charge is 2.37. The number of ether oxygens (including phenoxy) is 2. The monoisotopic (exact) mass is 547 g/mol. The molecule has 1 aliphatic heterocycles. The van der Waals surface area contributed by atoms with Crippen molar-refractivity contribution >= 4 is 39.0 Å². The van der Waals surface area contributed by atoms with Crippen LogP contribution in [0.4, 0.5) is 0 Å². The number of pyridine rings is 1. The van der Waals surface area contributed by atoms with Crippen LogP contribution in [0.15, 0.2) is 58.4 Å². The number of carboxylic acids is 1. The number of carboxylic acid groups (broad SMARTS) is 1. The largest absolute Gasteiger partial charge is 0.491 e. The summed E-state index contributed by atoms with van der Waals surface area (Å²) < 4.78 is 36.4. The van der Waals surface area contributed by atoms with Crippen molar-refractivity contribution in [2.75, 3.05) is 0 Å². The van der Waals surface area contributed by atoms with Crippen molar-refractivity contribution in [3.05, 3.63) is 54.0 Å². The third-order valence-corrected chi connectivity index (χ3v) is 8.03. The fourth-order valence-electron chi connectivity index (χ4n) is 3.58. The van der Waals surface area contributed by atoms with E-state index in [4.69, 9.17) is 26.2 Å². The molecule has 2 heterocycles. The van der Waals surface area contributed by atoms with Gasteiger partial charge >= 0.3 is 5.97 Å².